The molecular weight excluding hydrogens is 308 g/mol. The number of rotatable bonds is 5. The Morgan fingerprint density at radius 1 is 0.783 bits per heavy atom. The molecule has 118 valence electrons. The molecule has 0 saturated carbocycles. The van der Waals surface area contributed by atoms with E-state index in [0.29, 0.717) is 11.3 Å². The summed E-state index contributed by atoms with van der Waals surface area (Å²) < 4.78 is 0. The third kappa shape index (κ3) is 3.37. The highest BCUT2D eigenvalue weighted by Crippen LogP contribution is 2.33. The Kier molecular flexibility index (Phi) is 4.16. The number of non-ortho nitro benzene ring substituents is 2. The van der Waals surface area contributed by atoms with Crippen LogP contribution in [0.3, 0.4) is 0 Å². The van der Waals surface area contributed by atoms with Crippen molar-refractivity contribution in [3.8, 4) is 0 Å². The number of nitro groups is 3. The lowest BCUT2D eigenvalue weighted by molar-refractivity contribution is -0.393. The first-order chi connectivity index (χ1) is 10.8. The van der Waals surface area contributed by atoms with Crippen LogP contribution in [0.1, 0.15) is 5.56 Å². The summed E-state index contributed by atoms with van der Waals surface area (Å²) in [6.07, 6.45) is 0. The SMILES string of the molecule is Cc1cc([N+](=O)[O-])ccc1Nc1ccc([N+](=O)[O-])cc1[N+](=O)[O-]. The minimum atomic E-state index is -0.740. The van der Waals surface area contributed by atoms with Gasteiger partial charge in [0.15, 0.2) is 0 Å². The van der Waals surface area contributed by atoms with Gasteiger partial charge in [0.25, 0.3) is 17.1 Å². The summed E-state index contributed by atoms with van der Waals surface area (Å²) in [4.78, 5) is 30.4. The molecule has 0 fully saturated rings. The van der Waals surface area contributed by atoms with Crippen LogP contribution in [0.25, 0.3) is 0 Å². The monoisotopic (exact) mass is 318 g/mol. The fourth-order valence-electron chi connectivity index (χ4n) is 1.94. The van der Waals surface area contributed by atoms with E-state index in [9.17, 15) is 30.3 Å². The molecule has 0 saturated heterocycles. The Morgan fingerprint density at radius 2 is 1.30 bits per heavy atom. The molecular formula is C13H10N4O6. The summed E-state index contributed by atoms with van der Waals surface area (Å²) in [7, 11) is 0. The molecule has 0 heterocycles. The van der Waals surface area contributed by atoms with E-state index in [2.05, 4.69) is 5.32 Å². The van der Waals surface area contributed by atoms with Crippen LogP contribution in [-0.4, -0.2) is 14.8 Å². The van der Waals surface area contributed by atoms with E-state index < -0.39 is 26.1 Å². The molecule has 0 unspecified atom stereocenters. The van der Waals surface area contributed by atoms with E-state index in [1.54, 1.807) is 6.92 Å². The zero-order valence-electron chi connectivity index (χ0n) is 11.8. The minimum Gasteiger partial charge on any atom is -0.350 e. The predicted molar refractivity (Wildman–Crippen MR) is 80.9 cm³/mol. The first-order valence-corrected chi connectivity index (χ1v) is 6.24. The van der Waals surface area contributed by atoms with Gasteiger partial charge in [-0.25, -0.2) is 0 Å². The normalized spacial score (nSPS) is 10.1. The molecule has 1 N–H and O–H groups in total. The lowest BCUT2D eigenvalue weighted by Gasteiger charge is -2.09. The van der Waals surface area contributed by atoms with Crippen molar-refractivity contribution in [2.75, 3.05) is 5.32 Å². The molecule has 0 bridgehead atoms. The van der Waals surface area contributed by atoms with Crippen LogP contribution in [0.4, 0.5) is 28.4 Å². The zero-order chi connectivity index (χ0) is 17.1. The van der Waals surface area contributed by atoms with Crippen LogP contribution >= 0.6 is 0 Å². The molecule has 0 aliphatic carbocycles. The van der Waals surface area contributed by atoms with E-state index in [-0.39, 0.29) is 11.4 Å². The molecule has 10 nitrogen and oxygen atoms in total. The van der Waals surface area contributed by atoms with E-state index in [0.717, 1.165) is 12.1 Å². The van der Waals surface area contributed by atoms with Crippen molar-refractivity contribution in [2.45, 2.75) is 6.92 Å². The Labute approximate surface area is 128 Å². The number of anilines is 2. The van der Waals surface area contributed by atoms with Crippen molar-refractivity contribution in [3.63, 3.8) is 0 Å². The van der Waals surface area contributed by atoms with Gasteiger partial charge in [0.05, 0.1) is 20.8 Å². The molecule has 2 aromatic carbocycles. The maximum absolute atomic E-state index is 11.1. The van der Waals surface area contributed by atoms with Crippen LogP contribution < -0.4 is 5.32 Å². The fraction of sp³-hybridized carbons (Fsp3) is 0.0769. The smallest absolute Gasteiger partial charge is 0.299 e. The van der Waals surface area contributed by atoms with Crippen molar-refractivity contribution in [2.24, 2.45) is 0 Å². The van der Waals surface area contributed by atoms with Gasteiger partial charge < -0.3 is 5.32 Å². The first-order valence-electron chi connectivity index (χ1n) is 6.24. The largest absolute Gasteiger partial charge is 0.350 e. The lowest BCUT2D eigenvalue weighted by atomic mass is 10.1. The first kappa shape index (κ1) is 15.8. The summed E-state index contributed by atoms with van der Waals surface area (Å²) in [6.45, 7) is 1.60. The van der Waals surface area contributed by atoms with Gasteiger partial charge in [0, 0.05) is 23.9 Å². The predicted octanol–water partition coefficient (Wildman–Crippen LogP) is 3.46. The Morgan fingerprint density at radius 3 is 1.78 bits per heavy atom. The second-order valence-electron chi connectivity index (χ2n) is 4.60. The summed E-state index contributed by atoms with van der Waals surface area (Å²) in [5.41, 5.74) is 0.0165. The molecule has 10 heteroatoms. The Hall–Kier alpha value is -3.56. The number of benzene rings is 2. The molecule has 0 aliphatic rings. The topological polar surface area (TPSA) is 141 Å². The molecule has 2 rings (SSSR count). The summed E-state index contributed by atoms with van der Waals surface area (Å²) >= 11 is 0. The lowest BCUT2D eigenvalue weighted by Crippen LogP contribution is -2.00. The maximum atomic E-state index is 11.1. The van der Waals surface area contributed by atoms with Gasteiger partial charge in [-0.15, -0.1) is 0 Å². The van der Waals surface area contributed by atoms with Gasteiger partial charge in [0.1, 0.15) is 5.69 Å². The van der Waals surface area contributed by atoms with Gasteiger partial charge in [0.2, 0.25) is 0 Å². The third-order valence-corrected chi connectivity index (χ3v) is 3.08. The number of nitro benzene ring substituents is 3. The summed E-state index contributed by atoms with van der Waals surface area (Å²) in [5, 5.41) is 35.2. The molecule has 0 spiro atoms. The van der Waals surface area contributed by atoms with E-state index >= 15 is 0 Å². The highest BCUT2D eigenvalue weighted by Gasteiger charge is 2.20. The number of nitrogens with zero attached hydrogens (tertiary/aromatic N) is 3. The standard InChI is InChI=1S/C13H10N4O6/c1-8-6-9(15(18)19)2-4-11(8)14-12-5-3-10(16(20)21)7-13(12)17(22)23/h2-7,14H,1H3. The maximum Gasteiger partial charge on any atom is 0.299 e. The molecule has 0 aromatic heterocycles. The van der Waals surface area contributed by atoms with Gasteiger partial charge in [-0.3, -0.25) is 30.3 Å². The summed E-state index contributed by atoms with van der Waals surface area (Å²) in [5.74, 6) is 0. The summed E-state index contributed by atoms with van der Waals surface area (Å²) in [6, 6.07) is 7.20. The second kappa shape index (κ2) is 6.05. The van der Waals surface area contributed by atoms with E-state index in [4.69, 9.17) is 0 Å². The van der Waals surface area contributed by atoms with Crippen molar-refractivity contribution in [3.05, 3.63) is 72.3 Å². The van der Waals surface area contributed by atoms with Crippen molar-refractivity contribution < 1.29 is 14.8 Å². The van der Waals surface area contributed by atoms with Crippen LogP contribution in [0.2, 0.25) is 0 Å². The minimum absolute atomic E-state index is 0.0533. The molecule has 0 radical (unpaired) electrons. The van der Waals surface area contributed by atoms with Crippen LogP contribution in [0, 0.1) is 37.3 Å². The number of hydrogen-bond donors (Lipinski definition) is 1. The Balaban J connectivity index is 2.42. The van der Waals surface area contributed by atoms with E-state index in [1.165, 1.54) is 24.3 Å². The quantitative estimate of drug-likeness (QED) is 0.657. The van der Waals surface area contributed by atoms with Crippen molar-refractivity contribution in [1.29, 1.82) is 0 Å². The van der Waals surface area contributed by atoms with Crippen LogP contribution in [0.5, 0.6) is 0 Å². The van der Waals surface area contributed by atoms with Gasteiger partial charge >= 0.3 is 0 Å². The average molecular weight is 318 g/mol. The van der Waals surface area contributed by atoms with Gasteiger partial charge in [-0.05, 0) is 24.6 Å². The van der Waals surface area contributed by atoms with Gasteiger partial charge in [-0.1, -0.05) is 0 Å². The second-order valence-corrected chi connectivity index (χ2v) is 4.60. The highest BCUT2D eigenvalue weighted by molar-refractivity contribution is 5.73. The Bertz CT molecular complexity index is 820. The number of aryl methyl sites for hydroxylation is 1. The fourth-order valence-corrected chi connectivity index (χ4v) is 1.94. The third-order valence-electron chi connectivity index (χ3n) is 3.08. The number of nitrogens with one attached hydrogen (secondary N) is 1. The molecule has 23 heavy (non-hydrogen) atoms. The van der Waals surface area contributed by atoms with Crippen molar-refractivity contribution >= 4 is 28.4 Å². The van der Waals surface area contributed by atoms with Crippen molar-refractivity contribution in [1.82, 2.24) is 0 Å². The average Bonchev–Trinajstić information content (AvgIpc) is 2.48. The van der Waals surface area contributed by atoms with Crippen LogP contribution in [0.15, 0.2) is 36.4 Å². The number of hydrogen-bond acceptors (Lipinski definition) is 7. The zero-order valence-corrected chi connectivity index (χ0v) is 11.8. The van der Waals surface area contributed by atoms with E-state index in [1.807, 2.05) is 0 Å². The molecule has 0 aliphatic heterocycles. The highest BCUT2D eigenvalue weighted by atomic mass is 16.6. The van der Waals surface area contributed by atoms with Crippen LogP contribution in [-0.2, 0) is 0 Å². The molecule has 0 amide bonds. The molecule has 2 aromatic rings. The molecule has 0 atom stereocenters. The van der Waals surface area contributed by atoms with Gasteiger partial charge in [-0.2, -0.15) is 0 Å².